The summed E-state index contributed by atoms with van der Waals surface area (Å²) >= 11 is 9.65. The maximum absolute atomic E-state index is 10.8. The standard InChI is InChI=1S/C10H9Br3O2/c11-6-8(12)5-7-3-1-2-4-9(7)15-10(13)14/h1-4,8H,5-6H2. The maximum atomic E-state index is 10.8. The van der Waals surface area contributed by atoms with Crippen molar-refractivity contribution < 1.29 is 9.53 Å². The molecule has 0 N–H and O–H groups in total. The third-order valence-corrected chi connectivity index (χ3v) is 4.23. The van der Waals surface area contributed by atoms with Crippen LogP contribution in [0.25, 0.3) is 0 Å². The van der Waals surface area contributed by atoms with Gasteiger partial charge in [-0.1, -0.05) is 50.1 Å². The number of carbonyl (C=O) groups is 1. The molecule has 0 radical (unpaired) electrons. The number of hydrogen-bond acceptors (Lipinski definition) is 2. The molecule has 0 aliphatic rings. The molecule has 0 amide bonds. The highest BCUT2D eigenvalue weighted by molar-refractivity contribution is 9.18. The molecule has 1 aromatic carbocycles. The van der Waals surface area contributed by atoms with E-state index in [0.29, 0.717) is 10.6 Å². The number of rotatable bonds is 4. The van der Waals surface area contributed by atoms with Crippen LogP contribution in [-0.4, -0.2) is 15.0 Å². The van der Waals surface area contributed by atoms with Crippen molar-refractivity contribution >= 4 is 52.7 Å². The molecule has 0 spiro atoms. The zero-order valence-corrected chi connectivity index (χ0v) is 12.5. The molecule has 1 rings (SSSR count). The van der Waals surface area contributed by atoms with Crippen LogP contribution in [-0.2, 0) is 6.42 Å². The molecule has 0 saturated carbocycles. The van der Waals surface area contributed by atoms with Crippen molar-refractivity contribution in [3.05, 3.63) is 29.8 Å². The summed E-state index contributed by atoms with van der Waals surface area (Å²) < 4.78 is 5.03. The number of para-hydroxylation sites is 1. The number of alkyl halides is 2. The zero-order valence-electron chi connectivity index (χ0n) is 7.75. The summed E-state index contributed by atoms with van der Waals surface area (Å²) in [4.78, 5) is 10.6. The highest BCUT2D eigenvalue weighted by Crippen LogP contribution is 2.23. The van der Waals surface area contributed by atoms with Crippen molar-refractivity contribution in [2.45, 2.75) is 11.2 Å². The molecular formula is C10H9Br3O2. The Labute approximate surface area is 114 Å². The number of halogens is 3. The Morgan fingerprint density at radius 1 is 1.40 bits per heavy atom. The number of carbonyl (C=O) groups excluding carboxylic acids is 1. The first-order chi connectivity index (χ1) is 7.13. The van der Waals surface area contributed by atoms with Crippen LogP contribution in [0.2, 0.25) is 0 Å². The van der Waals surface area contributed by atoms with Crippen LogP contribution in [0.4, 0.5) is 4.79 Å². The third-order valence-electron chi connectivity index (χ3n) is 1.77. The Balaban J connectivity index is 2.81. The van der Waals surface area contributed by atoms with Gasteiger partial charge in [0.05, 0.1) is 0 Å². The summed E-state index contributed by atoms with van der Waals surface area (Å²) in [5.41, 5.74) is 1.01. The Bertz CT molecular complexity index is 341. The van der Waals surface area contributed by atoms with E-state index in [4.69, 9.17) is 4.74 Å². The molecule has 1 atom stereocenters. The van der Waals surface area contributed by atoms with Crippen LogP contribution in [0.1, 0.15) is 5.56 Å². The van der Waals surface area contributed by atoms with E-state index >= 15 is 0 Å². The van der Waals surface area contributed by atoms with E-state index in [1.807, 2.05) is 18.2 Å². The molecule has 0 aliphatic heterocycles. The van der Waals surface area contributed by atoms with Crippen molar-refractivity contribution in [2.75, 3.05) is 5.33 Å². The molecule has 0 aliphatic carbocycles. The molecule has 2 nitrogen and oxygen atoms in total. The quantitative estimate of drug-likeness (QED) is 0.557. The van der Waals surface area contributed by atoms with Crippen molar-refractivity contribution in [1.29, 1.82) is 0 Å². The second kappa shape index (κ2) is 6.66. The van der Waals surface area contributed by atoms with Crippen LogP contribution in [0.3, 0.4) is 0 Å². The van der Waals surface area contributed by atoms with Crippen LogP contribution in [0.5, 0.6) is 5.75 Å². The van der Waals surface area contributed by atoms with E-state index < -0.39 is 4.88 Å². The molecule has 5 heteroatoms. The maximum Gasteiger partial charge on any atom is 0.380 e. The molecule has 15 heavy (non-hydrogen) atoms. The van der Waals surface area contributed by atoms with Gasteiger partial charge >= 0.3 is 4.88 Å². The van der Waals surface area contributed by atoms with Crippen molar-refractivity contribution in [3.8, 4) is 5.75 Å². The molecule has 0 saturated heterocycles. The zero-order chi connectivity index (χ0) is 11.3. The van der Waals surface area contributed by atoms with Crippen LogP contribution >= 0.6 is 47.8 Å². The minimum atomic E-state index is -0.472. The molecule has 0 fully saturated rings. The predicted octanol–water partition coefficient (Wildman–Crippen LogP) is 4.28. The Hall–Kier alpha value is 0.130. The van der Waals surface area contributed by atoms with Crippen molar-refractivity contribution in [1.82, 2.24) is 0 Å². The molecule has 82 valence electrons. The van der Waals surface area contributed by atoms with E-state index in [2.05, 4.69) is 47.8 Å². The van der Waals surface area contributed by atoms with Gasteiger partial charge in [0.1, 0.15) is 5.75 Å². The highest BCUT2D eigenvalue weighted by Gasteiger charge is 2.10. The van der Waals surface area contributed by atoms with Crippen LogP contribution in [0, 0.1) is 0 Å². The van der Waals surface area contributed by atoms with E-state index in [-0.39, 0.29) is 0 Å². The highest BCUT2D eigenvalue weighted by atomic mass is 79.9. The number of hydrogen-bond donors (Lipinski definition) is 0. The third kappa shape index (κ3) is 4.66. The van der Waals surface area contributed by atoms with Crippen molar-refractivity contribution in [2.24, 2.45) is 0 Å². The van der Waals surface area contributed by atoms with Crippen LogP contribution in [0.15, 0.2) is 24.3 Å². The normalized spacial score (nSPS) is 12.2. The summed E-state index contributed by atoms with van der Waals surface area (Å²) in [6, 6.07) is 7.49. The fourth-order valence-corrected chi connectivity index (χ4v) is 1.90. The Morgan fingerprint density at radius 2 is 2.07 bits per heavy atom. The van der Waals surface area contributed by atoms with Gasteiger partial charge in [-0.2, -0.15) is 0 Å². The number of benzene rings is 1. The van der Waals surface area contributed by atoms with Crippen LogP contribution < -0.4 is 4.74 Å². The van der Waals surface area contributed by atoms with Gasteiger partial charge in [0, 0.05) is 26.1 Å². The van der Waals surface area contributed by atoms with Gasteiger partial charge in [-0.3, -0.25) is 0 Å². The minimum Gasteiger partial charge on any atom is -0.418 e. The van der Waals surface area contributed by atoms with Gasteiger partial charge in [0.2, 0.25) is 0 Å². The first-order valence-corrected chi connectivity index (χ1v) is 7.11. The first kappa shape index (κ1) is 13.2. The van der Waals surface area contributed by atoms with Gasteiger partial charge in [-0.15, -0.1) is 0 Å². The second-order valence-electron chi connectivity index (χ2n) is 2.90. The fourth-order valence-electron chi connectivity index (χ4n) is 1.15. The summed E-state index contributed by atoms with van der Waals surface area (Å²) in [5, 5.41) is 0.851. The average molecular weight is 401 g/mol. The fraction of sp³-hybridized carbons (Fsp3) is 0.300. The van der Waals surface area contributed by atoms with Crippen molar-refractivity contribution in [3.63, 3.8) is 0 Å². The lowest BCUT2D eigenvalue weighted by atomic mass is 10.1. The molecular weight excluding hydrogens is 392 g/mol. The monoisotopic (exact) mass is 398 g/mol. The summed E-state index contributed by atoms with van der Waals surface area (Å²) in [7, 11) is 0. The SMILES string of the molecule is O=C(Br)Oc1ccccc1CC(Br)CBr. The smallest absolute Gasteiger partial charge is 0.380 e. The molecule has 0 aromatic heterocycles. The minimum absolute atomic E-state index is 0.327. The lowest BCUT2D eigenvalue weighted by molar-refractivity contribution is 0.228. The molecule has 0 bridgehead atoms. The largest absolute Gasteiger partial charge is 0.418 e. The van der Waals surface area contributed by atoms with E-state index in [0.717, 1.165) is 17.3 Å². The summed E-state index contributed by atoms with van der Waals surface area (Å²) in [5.74, 6) is 0.602. The van der Waals surface area contributed by atoms with Gasteiger partial charge in [-0.05, 0) is 18.1 Å². The van der Waals surface area contributed by atoms with Gasteiger partial charge in [0.25, 0.3) is 0 Å². The first-order valence-electron chi connectivity index (χ1n) is 4.28. The molecule has 0 heterocycles. The lowest BCUT2D eigenvalue weighted by Crippen LogP contribution is -2.06. The number of ether oxygens (including phenoxy) is 1. The van der Waals surface area contributed by atoms with E-state index in [1.54, 1.807) is 6.07 Å². The summed E-state index contributed by atoms with van der Waals surface area (Å²) in [6.45, 7) is 0. The van der Waals surface area contributed by atoms with E-state index in [9.17, 15) is 4.79 Å². The van der Waals surface area contributed by atoms with Gasteiger partial charge < -0.3 is 4.74 Å². The Kier molecular flexibility index (Phi) is 5.86. The lowest BCUT2D eigenvalue weighted by Gasteiger charge is -2.10. The topological polar surface area (TPSA) is 26.3 Å². The average Bonchev–Trinajstić information content (AvgIpc) is 2.20. The van der Waals surface area contributed by atoms with Gasteiger partial charge in [-0.25, -0.2) is 4.79 Å². The van der Waals surface area contributed by atoms with Gasteiger partial charge in [0.15, 0.2) is 0 Å². The predicted molar refractivity (Wildman–Crippen MR) is 71.6 cm³/mol. The molecule has 1 unspecified atom stereocenters. The summed E-state index contributed by atoms with van der Waals surface area (Å²) in [6.07, 6.45) is 0.807. The Morgan fingerprint density at radius 3 is 2.67 bits per heavy atom. The molecule has 1 aromatic rings. The second-order valence-corrected chi connectivity index (χ2v) is 5.49. The van der Waals surface area contributed by atoms with E-state index in [1.165, 1.54) is 0 Å².